The first kappa shape index (κ1) is 21.5. The normalized spacial score (nSPS) is 18.0. The fourth-order valence-corrected chi connectivity index (χ4v) is 4.34. The molecule has 1 aliphatic rings. The van der Waals surface area contributed by atoms with Gasteiger partial charge < -0.3 is 19.5 Å². The van der Waals surface area contributed by atoms with Gasteiger partial charge in [0.1, 0.15) is 10.7 Å². The second-order valence-electron chi connectivity index (χ2n) is 7.99. The molecule has 1 atom stereocenters. The highest BCUT2D eigenvalue weighted by Crippen LogP contribution is 2.33. The lowest BCUT2D eigenvalue weighted by Gasteiger charge is -2.41. The third-order valence-electron chi connectivity index (χ3n) is 5.00. The average molecular weight is 420 g/mol. The number of hydrogen-bond acceptors (Lipinski definition) is 7. The number of nitrogens with zero attached hydrogens (tertiary/aromatic N) is 3. The summed E-state index contributed by atoms with van der Waals surface area (Å²) in [5.41, 5.74) is 0.599. The second-order valence-corrected chi connectivity index (χ2v) is 8.85. The molecule has 1 aliphatic heterocycles. The van der Waals surface area contributed by atoms with Crippen LogP contribution in [0.25, 0.3) is 10.6 Å². The molecule has 1 aromatic heterocycles. The Kier molecular flexibility index (Phi) is 6.45. The van der Waals surface area contributed by atoms with Gasteiger partial charge >= 0.3 is 0 Å². The van der Waals surface area contributed by atoms with Gasteiger partial charge in [0, 0.05) is 43.2 Å². The Labute approximate surface area is 175 Å². The van der Waals surface area contributed by atoms with Crippen molar-refractivity contribution in [2.75, 3.05) is 40.4 Å². The third-order valence-corrected chi connectivity index (χ3v) is 5.89. The SMILES string of the molecule is COc1ccc(-c2nc(C(=O)N3CCN(CC(C)(C)O)[C@H](C)C3)cs2)cc1OC. The number of amides is 1. The van der Waals surface area contributed by atoms with E-state index in [1.165, 1.54) is 11.3 Å². The number of thiazole rings is 1. The molecule has 0 bridgehead atoms. The molecule has 0 aliphatic carbocycles. The molecule has 29 heavy (non-hydrogen) atoms. The monoisotopic (exact) mass is 419 g/mol. The maximum Gasteiger partial charge on any atom is 0.273 e. The molecule has 0 radical (unpaired) electrons. The molecule has 2 aromatic rings. The second kappa shape index (κ2) is 8.69. The topological polar surface area (TPSA) is 75.1 Å². The van der Waals surface area contributed by atoms with Crippen LogP contribution >= 0.6 is 11.3 Å². The Morgan fingerprint density at radius 2 is 2.00 bits per heavy atom. The molecule has 0 unspecified atom stereocenters. The summed E-state index contributed by atoms with van der Waals surface area (Å²) in [7, 11) is 3.19. The van der Waals surface area contributed by atoms with Gasteiger partial charge in [0.25, 0.3) is 5.91 Å². The van der Waals surface area contributed by atoms with Crippen molar-refractivity contribution in [2.45, 2.75) is 32.4 Å². The van der Waals surface area contributed by atoms with Gasteiger partial charge in [0.2, 0.25) is 0 Å². The van der Waals surface area contributed by atoms with E-state index in [2.05, 4.69) is 16.8 Å². The Hall–Kier alpha value is -2.16. The molecule has 0 saturated carbocycles. The van der Waals surface area contributed by atoms with Crippen molar-refractivity contribution in [2.24, 2.45) is 0 Å². The van der Waals surface area contributed by atoms with E-state index >= 15 is 0 Å². The summed E-state index contributed by atoms with van der Waals surface area (Å²) in [6.45, 7) is 8.28. The lowest BCUT2D eigenvalue weighted by Crippen LogP contribution is -2.56. The number of benzene rings is 1. The van der Waals surface area contributed by atoms with E-state index in [1.807, 2.05) is 42.3 Å². The molecule has 7 nitrogen and oxygen atoms in total. The third kappa shape index (κ3) is 5.07. The predicted octanol–water partition coefficient (Wildman–Crippen LogP) is 2.74. The maximum absolute atomic E-state index is 13.0. The van der Waals surface area contributed by atoms with Gasteiger partial charge in [-0.3, -0.25) is 9.69 Å². The number of aromatic nitrogens is 1. The van der Waals surface area contributed by atoms with Crippen LogP contribution in [0, 0.1) is 0 Å². The molecular weight excluding hydrogens is 390 g/mol. The summed E-state index contributed by atoms with van der Waals surface area (Å²) in [6, 6.07) is 5.79. The van der Waals surface area contributed by atoms with Crippen LogP contribution in [0.2, 0.25) is 0 Å². The van der Waals surface area contributed by atoms with Crippen LogP contribution in [0.3, 0.4) is 0 Å². The van der Waals surface area contributed by atoms with Crippen molar-refractivity contribution in [1.29, 1.82) is 0 Å². The number of methoxy groups -OCH3 is 2. The molecule has 3 rings (SSSR count). The van der Waals surface area contributed by atoms with Crippen LogP contribution < -0.4 is 9.47 Å². The van der Waals surface area contributed by atoms with Crippen LogP contribution in [-0.2, 0) is 0 Å². The molecule has 1 aromatic carbocycles. The molecular formula is C21H29N3O4S. The van der Waals surface area contributed by atoms with Gasteiger partial charge in [-0.1, -0.05) is 0 Å². The number of rotatable bonds is 6. The summed E-state index contributed by atoms with van der Waals surface area (Å²) >= 11 is 1.44. The first-order chi connectivity index (χ1) is 13.7. The van der Waals surface area contributed by atoms with Crippen molar-refractivity contribution in [3.8, 4) is 22.1 Å². The Morgan fingerprint density at radius 1 is 1.28 bits per heavy atom. The first-order valence-corrected chi connectivity index (χ1v) is 10.5. The molecule has 1 N–H and O–H groups in total. The van der Waals surface area contributed by atoms with Gasteiger partial charge in [-0.15, -0.1) is 11.3 Å². The van der Waals surface area contributed by atoms with Gasteiger partial charge in [-0.2, -0.15) is 0 Å². The van der Waals surface area contributed by atoms with Gasteiger partial charge in [-0.25, -0.2) is 4.98 Å². The number of β-amino-alcohol motifs (C(OH)–C–C–N with tert-alkyl or cyclic N) is 1. The zero-order valence-corrected chi connectivity index (χ0v) is 18.5. The number of carbonyl (C=O) groups is 1. The minimum Gasteiger partial charge on any atom is -0.493 e. The van der Waals surface area contributed by atoms with E-state index in [0.29, 0.717) is 36.8 Å². The summed E-state index contributed by atoms with van der Waals surface area (Å²) in [6.07, 6.45) is 0. The van der Waals surface area contributed by atoms with E-state index in [0.717, 1.165) is 17.1 Å². The van der Waals surface area contributed by atoms with Crippen molar-refractivity contribution in [1.82, 2.24) is 14.8 Å². The largest absolute Gasteiger partial charge is 0.493 e. The summed E-state index contributed by atoms with van der Waals surface area (Å²) in [5.74, 6) is 1.23. The Morgan fingerprint density at radius 3 is 2.62 bits per heavy atom. The minimum atomic E-state index is -0.746. The highest BCUT2D eigenvalue weighted by Gasteiger charge is 2.31. The van der Waals surface area contributed by atoms with Crippen molar-refractivity contribution in [3.63, 3.8) is 0 Å². The highest BCUT2D eigenvalue weighted by molar-refractivity contribution is 7.13. The smallest absolute Gasteiger partial charge is 0.273 e. The number of carbonyl (C=O) groups excluding carboxylic acids is 1. The Balaban J connectivity index is 1.70. The van der Waals surface area contributed by atoms with Crippen molar-refractivity contribution < 1.29 is 19.4 Å². The molecule has 1 fully saturated rings. The zero-order chi connectivity index (χ0) is 21.2. The molecule has 0 spiro atoms. The molecule has 1 amide bonds. The quantitative estimate of drug-likeness (QED) is 0.776. The van der Waals surface area contributed by atoms with Crippen molar-refractivity contribution >= 4 is 17.2 Å². The summed E-state index contributed by atoms with van der Waals surface area (Å²) in [5, 5.41) is 12.6. The van der Waals surface area contributed by atoms with Crippen LogP contribution in [-0.4, -0.2) is 77.8 Å². The Bertz CT molecular complexity index is 862. The minimum absolute atomic E-state index is 0.0530. The van der Waals surface area contributed by atoms with Gasteiger partial charge in [-0.05, 0) is 39.0 Å². The van der Waals surface area contributed by atoms with E-state index < -0.39 is 5.60 Å². The summed E-state index contributed by atoms with van der Waals surface area (Å²) in [4.78, 5) is 21.6. The van der Waals surface area contributed by atoms with Crippen LogP contribution in [0.4, 0.5) is 0 Å². The lowest BCUT2D eigenvalue weighted by atomic mass is 10.1. The molecule has 8 heteroatoms. The van der Waals surface area contributed by atoms with Gasteiger partial charge in [0.15, 0.2) is 11.5 Å². The zero-order valence-electron chi connectivity index (χ0n) is 17.6. The number of piperazine rings is 1. The number of ether oxygens (including phenoxy) is 2. The standard InChI is InChI=1S/C21H29N3O4S/c1-14-11-23(8-9-24(14)13-21(2,3)26)20(25)16-12-29-19(22-16)15-6-7-17(27-4)18(10-15)28-5/h6-7,10,12,14,26H,8-9,11,13H2,1-5H3/t14-/m1/s1. The molecule has 2 heterocycles. The first-order valence-electron chi connectivity index (χ1n) is 9.65. The van der Waals surface area contributed by atoms with E-state index in [9.17, 15) is 9.90 Å². The van der Waals surface area contributed by atoms with Crippen LogP contribution in [0.5, 0.6) is 11.5 Å². The average Bonchev–Trinajstić information content (AvgIpc) is 3.17. The van der Waals surface area contributed by atoms with Crippen LogP contribution in [0.1, 0.15) is 31.3 Å². The highest BCUT2D eigenvalue weighted by atomic mass is 32.1. The fourth-order valence-electron chi connectivity index (χ4n) is 3.55. The van der Waals surface area contributed by atoms with Crippen LogP contribution in [0.15, 0.2) is 23.6 Å². The number of aliphatic hydroxyl groups is 1. The predicted molar refractivity (Wildman–Crippen MR) is 114 cm³/mol. The van der Waals surface area contributed by atoms with Crippen molar-refractivity contribution in [3.05, 3.63) is 29.3 Å². The molecule has 1 saturated heterocycles. The van der Waals surface area contributed by atoms with E-state index in [4.69, 9.17) is 9.47 Å². The lowest BCUT2D eigenvalue weighted by molar-refractivity contribution is -0.00154. The fraction of sp³-hybridized carbons (Fsp3) is 0.524. The van der Waals surface area contributed by atoms with E-state index in [1.54, 1.807) is 14.2 Å². The van der Waals surface area contributed by atoms with Gasteiger partial charge in [0.05, 0.1) is 19.8 Å². The molecule has 158 valence electrons. The number of hydrogen-bond donors (Lipinski definition) is 1. The maximum atomic E-state index is 13.0. The summed E-state index contributed by atoms with van der Waals surface area (Å²) < 4.78 is 10.6. The van der Waals surface area contributed by atoms with E-state index in [-0.39, 0.29) is 11.9 Å².